The van der Waals surface area contributed by atoms with Crippen LogP contribution in [0.25, 0.3) is 0 Å². The fraction of sp³-hybridized carbons (Fsp3) is 0. The van der Waals surface area contributed by atoms with E-state index >= 15 is 0 Å². The maximum atomic E-state index is 8.74. The van der Waals surface area contributed by atoms with Crippen LogP contribution in [-0.2, 0) is 10.4 Å². The Kier molecular flexibility index (Phi) is 22.5. The summed E-state index contributed by atoms with van der Waals surface area (Å²) in [5, 5.41) is 0. The van der Waals surface area contributed by atoms with Crippen LogP contribution in [0.2, 0.25) is 0 Å². The Morgan fingerprint density at radius 2 is 1.12 bits per heavy atom. The van der Waals surface area contributed by atoms with Gasteiger partial charge in [0, 0.05) is 0 Å². The van der Waals surface area contributed by atoms with Crippen LogP contribution in [0.15, 0.2) is 0 Å². The summed E-state index contributed by atoms with van der Waals surface area (Å²) < 4.78 is 31.6. The Labute approximate surface area is 66.9 Å². The van der Waals surface area contributed by atoms with Gasteiger partial charge in [0.1, 0.15) is 0 Å². The van der Waals surface area contributed by atoms with Crippen molar-refractivity contribution < 1.29 is 56.5 Å². The van der Waals surface area contributed by atoms with E-state index in [1.165, 1.54) is 0 Å². The molecule has 0 aliphatic heterocycles. The van der Waals surface area contributed by atoms with Crippen molar-refractivity contribution in [1.82, 2.24) is 0 Å². The van der Waals surface area contributed by atoms with Gasteiger partial charge in [-0.15, -0.1) is 0 Å². The first-order chi connectivity index (χ1) is 2.00. The Bertz CT molecular complexity index is 97.2. The summed E-state index contributed by atoms with van der Waals surface area (Å²) in [6.45, 7) is 0. The Balaban J connectivity index is -0.0000000267. The molecular formula is H3F2NaO4S. The molecule has 0 amide bonds. The molecule has 0 aromatic carbocycles. The van der Waals surface area contributed by atoms with Crippen molar-refractivity contribution in [2.75, 3.05) is 0 Å². The van der Waals surface area contributed by atoms with E-state index in [1.807, 2.05) is 0 Å². The monoisotopic (exact) mass is 160 g/mol. The molecule has 8 heteroatoms. The van der Waals surface area contributed by atoms with Gasteiger partial charge < -0.3 is 4.70 Å². The molecule has 4 nitrogen and oxygen atoms in total. The summed E-state index contributed by atoms with van der Waals surface area (Å²) in [4.78, 5) is 0. The van der Waals surface area contributed by atoms with E-state index in [0.717, 1.165) is 0 Å². The molecule has 2 N–H and O–H groups in total. The van der Waals surface area contributed by atoms with Crippen molar-refractivity contribution in [3.8, 4) is 0 Å². The van der Waals surface area contributed by atoms with Gasteiger partial charge in [0.2, 0.25) is 0 Å². The summed E-state index contributed by atoms with van der Waals surface area (Å²) >= 11 is 0. The fourth-order valence-electron chi connectivity index (χ4n) is 0. The average Bonchev–Trinajstić information content (AvgIpc) is 0.722. The van der Waals surface area contributed by atoms with E-state index in [-0.39, 0.29) is 39.0 Å². The van der Waals surface area contributed by atoms with Crippen molar-refractivity contribution in [2.24, 2.45) is 0 Å². The maximum absolute atomic E-state index is 8.74. The van der Waals surface area contributed by atoms with E-state index in [2.05, 4.69) is 0 Å². The van der Waals surface area contributed by atoms with Gasteiger partial charge in [0.25, 0.3) is 0 Å². The molecule has 0 heterocycles. The quantitative estimate of drug-likeness (QED) is 0.273. The van der Waals surface area contributed by atoms with Crippen LogP contribution >= 0.6 is 0 Å². The molecule has 0 rings (SSSR count). The molecule has 0 bridgehead atoms. The molecule has 0 aliphatic rings. The zero-order valence-electron chi connectivity index (χ0n) is 3.91. The van der Waals surface area contributed by atoms with Gasteiger partial charge in [0.05, 0.1) is 0 Å². The van der Waals surface area contributed by atoms with Crippen molar-refractivity contribution >= 4 is 10.4 Å². The minimum atomic E-state index is -4.67. The van der Waals surface area contributed by atoms with Gasteiger partial charge in [-0.1, -0.05) is 0 Å². The molecule has 8 heavy (non-hydrogen) atoms. The van der Waals surface area contributed by atoms with Crippen LogP contribution in [0.5, 0.6) is 0 Å². The van der Waals surface area contributed by atoms with Gasteiger partial charge in [-0.05, 0) is 0 Å². The standard InChI is InChI=1S/2FH.Na.H2O4S/c;;;1-5(2,3)4/h2*1H;;(H2,1,2,3,4)/q;;+1;/p-1. The van der Waals surface area contributed by atoms with Crippen molar-refractivity contribution in [1.29, 1.82) is 0 Å². The minimum absolute atomic E-state index is 0. The summed E-state index contributed by atoms with van der Waals surface area (Å²) in [7, 11) is -4.67. The summed E-state index contributed by atoms with van der Waals surface area (Å²) in [6, 6.07) is 0. The first-order valence-corrected chi connectivity index (χ1v) is 2.10. The predicted molar refractivity (Wildman–Crippen MR) is 16.7 cm³/mol. The topological polar surface area (TPSA) is 74.6 Å². The second-order valence-electron chi connectivity index (χ2n) is 0.448. The van der Waals surface area contributed by atoms with E-state index < -0.39 is 10.4 Å². The molecule has 0 fully saturated rings. The molecule has 0 spiro atoms. The zero-order chi connectivity index (χ0) is 4.50. The van der Waals surface area contributed by atoms with Gasteiger partial charge in [-0.25, -0.2) is 0 Å². The van der Waals surface area contributed by atoms with E-state index in [9.17, 15) is 0 Å². The number of hydrogen-bond acceptors (Lipinski definition) is 2. The molecule has 0 radical (unpaired) electrons. The van der Waals surface area contributed by atoms with E-state index in [0.29, 0.717) is 0 Å². The first kappa shape index (κ1) is 23.3. The first-order valence-electron chi connectivity index (χ1n) is 0.698. The van der Waals surface area contributed by atoms with Crippen molar-refractivity contribution in [2.45, 2.75) is 0 Å². The summed E-state index contributed by atoms with van der Waals surface area (Å²) in [6.07, 6.45) is 0. The average molecular weight is 160 g/mol. The van der Waals surface area contributed by atoms with Crippen LogP contribution in [0.4, 0.5) is 4.70 Å². The van der Waals surface area contributed by atoms with Gasteiger partial charge in [-0.2, -0.15) is 8.42 Å². The number of hydrogen-bond donors (Lipinski definition) is 2. The summed E-state index contributed by atoms with van der Waals surface area (Å²) in [5.74, 6) is 0. The van der Waals surface area contributed by atoms with Gasteiger partial charge >= 0.3 is 40.0 Å². The third kappa shape index (κ3) is 415. The predicted octanol–water partition coefficient (Wildman–Crippen LogP) is -6.49. The van der Waals surface area contributed by atoms with Crippen molar-refractivity contribution in [3.05, 3.63) is 0 Å². The largest absolute Gasteiger partial charge is 1.00 e. The summed E-state index contributed by atoms with van der Waals surface area (Å²) in [5.41, 5.74) is 0. The van der Waals surface area contributed by atoms with E-state index in [1.54, 1.807) is 0 Å². The molecule has 0 atom stereocenters. The smallest absolute Gasteiger partial charge is 1.00 e. The van der Waals surface area contributed by atoms with Gasteiger partial charge in [-0.3, -0.25) is 13.8 Å². The van der Waals surface area contributed by atoms with Crippen LogP contribution < -0.4 is 34.3 Å². The molecule has 0 aromatic rings. The zero-order valence-corrected chi connectivity index (χ0v) is 6.72. The van der Waals surface area contributed by atoms with Crippen molar-refractivity contribution in [3.63, 3.8) is 0 Å². The molecule has 0 unspecified atom stereocenters. The van der Waals surface area contributed by atoms with Crippen LogP contribution in [0.1, 0.15) is 0 Å². The third-order valence-corrected chi connectivity index (χ3v) is 0. The molecule has 0 saturated carbocycles. The van der Waals surface area contributed by atoms with Crippen LogP contribution in [0, 0.1) is 0 Å². The fourth-order valence-corrected chi connectivity index (χ4v) is 0. The second kappa shape index (κ2) is 7.73. The van der Waals surface area contributed by atoms with Crippen LogP contribution in [-0.4, -0.2) is 17.5 Å². The Morgan fingerprint density at radius 1 is 1.12 bits per heavy atom. The van der Waals surface area contributed by atoms with E-state index in [4.69, 9.17) is 17.5 Å². The van der Waals surface area contributed by atoms with Crippen LogP contribution in [0.3, 0.4) is 0 Å². The molecule has 48 valence electrons. The molecule has 0 aliphatic carbocycles. The maximum Gasteiger partial charge on any atom is 1.00 e. The SMILES string of the molecule is F.O=S(=O)(O)O.[F-].[Na+]. The molecule has 0 saturated heterocycles. The minimum Gasteiger partial charge on any atom is -1.00 e. The second-order valence-corrected chi connectivity index (χ2v) is 1.34. The Morgan fingerprint density at radius 3 is 1.12 bits per heavy atom. The van der Waals surface area contributed by atoms with Gasteiger partial charge in [0.15, 0.2) is 0 Å². The molecule has 0 aromatic heterocycles. The molecular weight excluding hydrogens is 157 g/mol. The Hall–Kier alpha value is 0.730. The number of halogens is 2. The third-order valence-electron chi connectivity index (χ3n) is 0. The normalized spacial score (nSPS) is 7.25. The number of rotatable bonds is 0.